The second-order valence-corrected chi connectivity index (χ2v) is 9.67. The lowest BCUT2D eigenvalue weighted by atomic mass is 9.99. The number of benzodiazepines with no additional fused rings is 1. The first-order valence-electron chi connectivity index (χ1n) is 13.3. The summed E-state index contributed by atoms with van der Waals surface area (Å²) in [6.45, 7) is 1.52. The molecule has 43 heavy (non-hydrogen) atoms. The van der Waals surface area contributed by atoms with Gasteiger partial charge in [0.15, 0.2) is 5.78 Å². The van der Waals surface area contributed by atoms with Crippen molar-refractivity contribution in [2.75, 3.05) is 23.9 Å². The van der Waals surface area contributed by atoms with Crippen molar-refractivity contribution in [2.45, 2.75) is 13.1 Å². The van der Waals surface area contributed by atoms with Crippen LogP contribution in [0.4, 0.5) is 21.9 Å². The number of ether oxygens (including phenoxy) is 1. The van der Waals surface area contributed by atoms with Crippen molar-refractivity contribution in [1.82, 2.24) is 5.32 Å². The van der Waals surface area contributed by atoms with Crippen LogP contribution in [-0.2, 0) is 4.79 Å². The maximum Gasteiger partial charge on any atom is 0.321 e. The van der Waals surface area contributed by atoms with E-state index in [-0.39, 0.29) is 29.5 Å². The molecule has 2 N–H and O–H groups in total. The first-order valence-corrected chi connectivity index (χ1v) is 13.3. The minimum Gasteiger partial charge on any atom is -0.495 e. The Hall–Kier alpha value is -5.84. The number of non-ortho nitro benzene ring substituents is 1. The number of Topliss-reactive ketones (excluding diaryl/α,β-unsaturated/α-hetero) is 1. The van der Waals surface area contributed by atoms with Gasteiger partial charge in [-0.15, -0.1) is 0 Å². The predicted molar refractivity (Wildman–Crippen MR) is 162 cm³/mol. The zero-order valence-electron chi connectivity index (χ0n) is 23.3. The van der Waals surface area contributed by atoms with Gasteiger partial charge in [0.1, 0.15) is 5.75 Å². The molecule has 1 atom stereocenters. The van der Waals surface area contributed by atoms with E-state index in [1.165, 1.54) is 24.1 Å². The number of carbonyl (C=O) groups excluding carboxylic acids is 3. The van der Waals surface area contributed by atoms with E-state index in [1.54, 1.807) is 36.4 Å². The van der Waals surface area contributed by atoms with Gasteiger partial charge < -0.3 is 20.3 Å². The van der Waals surface area contributed by atoms with E-state index < -0.39 is 23.0 Å². The summed E-state index contributed by atoms with van der Waals surface area (Å²) in [6, 6.07) is 26.3. The highest BCUT2D eigenvalue weighted by atomic mass is 16.6. The van der Waals surface area contributed by atoms with Crippen LogP contribution in [-0.4, -0.2) is 48.2 Å². The lowest BCUT2D eigenvalue weighted by molar-refractivity contribution is -0.384. The molecule has 0 bridgehead atoms. The lowest BCUT2D eigenvalue weighted by Gasteiger charge is -2.25. The van der Waals surface area contributed by atoms with E-state index in [0.29, 0.717) is 28.1 Å². The number of hydrogen-bond acceptors (Lipinski definition) is 7. The first-order chi connectivity index (χ1) is 20.8. The third-order valence-electron chi connectivity index (χ3n) is 6.91. The zero-order chi connectivity index (χ0) is 30.5. The van der Waals surface area contributed by atoms with Gasteiger partial charge in [0.05, 0.1) is 35.7 Å². The molecule has 3 amide bonds. The number of hydrogen-bond donors (Lipinski definition) is 2. The summed E-state index contributed by atoms with van der Waals surface area (Å²) in [4.78, 5) is 57.5. The second-order valence-electron chi connectivity index (χ2n) is 9.67. The molecular weight excluding hydrogens is 550 g/mol. The van der Waals surface area contributed by atoms with E-state index in [9.17, 15) is 24.5 Å². The van der Waals surface area contributed by atoms with Gasteiger partial charge in [-0.2, -0.15) is 0 Å². The topological polar surface area (TPSA) is 143 Å². The number of methoxy groups -OCH3 is 1. The molecule has 0 unspecified atom stereocenters. The maximum atomic E-state index is 14.1. The number of amides is 3. The third kappa shape index (κ3) is 6.10. The summed E-state index contributed by atoms with van der Waals surface area (Å²) in [6.07, 6.45) is -1.45. The van der Waals surface area contributed by atoms with Crippen LogP contribution in [0, 0.1) is 17.0 Å². The molecule has 1 heterocycles. The van der Waals surface area contributed by atoms with Crippen molar-refractivity contribution >= 4 is 40.5 Å². The number of para-hydroxylation sites is 1. The molecule has 0 aromatic heterocycles. The number of nitrogens with zero attached hydrogens (tertiary/aromatic N) is 3. The van der Waals surface area contributed by atoms with Crippen LogP contribution in [0.2, 0.25) is 0 Å². The van der Waals surface area contributed by atoms with Crippen molar-refractivity contribution in [3.05, 3.63) is 129 Å². The standard InChI is InChI=1S/C32H27N5O6/c1-20-10-6-7-13-23(20)27(38)19-36-26-15-9-8-14-24(26)29(21-11-4-3-5-12-21)34-30(31(36)39)35-32(40)33-25-18-22(37(41)42)16-17-28(25)43-2/h3-18,30H,19H2,1-2H3,(H2,33,35,40)/t30-/m1/s1. The Morgan fingerprint density at radius 3 is 2.40 bits per heavy atom. The molecule has 1 aliphatic rings. The number of carbonyl (C=O) groups is 3. The van der Waals surface area contributed by atoms with Crippen LogP contribution in [0.15, 0.2) is 102 Å². The van der Waals surface area contributed by atoms with Gasteiger partial charge >= 0.3 is 6.03 Å². The molecule has 4 aromatic rings. The van der Waals surface area contributed by atoms with E-state index in [2.05, 4.69) is 15.6 Å². The van der Waals surface area contributed by atoms with Crippen molar-refractivity contribution < 1.29 is 24.0 Å². The monoisotopic (exact) mass is 577 g/mol. The smallest absolute Gasteiger partial charge is 0.321 e. The molecule has 1 aliphatic heterocycles. The normalized spacial score (nSPS) is 14.2. The van der Waals surface area contributed by atoms with Gasteiger partial charge in [-0.05, 0) is 24.6 Å². The second kappa shape index (κ2) is 12.4. The predicted octanol–water partition coefficient (Wildman–Crippen LogP) is 5.13. The first kappa shape index (κ1) is 28.7. The Bertz CT molecular complexity index is 1750. The highest BCUT2D eigenvalue weighted by Gasteiger charge is 2.34. The number of nitro groups is 1. The number of nitrogens with one attached hydrogen (secondary N) is 2. The van der Waals surface area contributed by atoms with Crippen molar-refractivity contribution in [3.8, 4) is 5.75 Å². The van der Waals surface area contributed by atoms with E-state index in [4.69, 9.17) is 4.74 Å². The maximum absolute atomic E-state index is 14.1. The fourth-order valence-electron chi connectivity index (χ4n) is 4.82. The van der Waals surface area contributed by atoms with Gasteiger partial charge in [-0.3, -0.25) is 19.7 Å². The van der Waals surface area contributed by atoms with Crippen molar-refractivity contribution in [3.63, 3.8) is 0 Å². The zero-order valence-corrected chi connectivity index (χ0v) is 23.3. The number of aryl methyl sites for hydroxylation is 1. The van der Waals surface area contributed by atoms with E-state index in [1.807, 2.05) is 49.4 Å². The molecule has 0 radical (unpaired) electrons. The third-order valence-corrected chi connectivity index (χ3v) is 6.91. The Labute approximate surface area is 247 Å². The number of urea groups is 1. The molecule has 0 aliphatic carbocycles. The number of rotatable bonds is 8. The van der Waals surface area contributed by atoms with Crippen LogP contribution >= 0.6 is 0 Å². The molecule has 0 spiro atoms. The summed E-state index contributed by atoms with van der Waals surface area (Å²) in [7, 11) is 1.36. The molecule has 11 nitrogen and oxygen atoms in total. The van der Waals surface area contributed by atoms with E-state index in [0.717, 1.165) is 11.6 Å². The minimum absolute atomic E-state index is 0.0254. The average molecular weight is 578 g/mol. The molecule has 0 fully saturated rings. The van der Waals surface area contributed by atoms with Gasteiger partial charge in [0.2, 0.25) is 6.17 Å². The number of fused-ring (bicyclic) bond motifs is 1. The molecule has 4 aromatic carbocycles. The molecular formula is C32H27N5O6. The molecule has 5 rings (SSSR count). The summed E-state index contributed by atoms with van der Waals surface area (Å²) in [5.41, 5.74) is 3.20. The van der Waals surface area contributed by atoms with Crippen molar-refractivity contribution in [1.29, 1.82) is 0 Å². The molecule has 0 saturated heterocycles. The van der Waals surface area contributed by atoms with E-state index >= 15 is 0 Å². The van der Waals surface area contributed by atoms with Crippen LogP contribution < -0.4 is 20.3 Å². The quantitative estimate of drug-likeness (QED) is 0.169. The van der Waals surface area contributed by atoms with Gasteiger partial charge in [-0.25, -0.2) is 9.79 Å². The average Bonchev–Trinajstić information content (AvgIpc) is 3.12. The van der Waals surface area contributed by atoms with Crippen LogP contribution in [0.5, 0.6) is 5.75 Å². The Balaban J connectivity index is 1.54. The molecule has 0 saturated carbocycles. The van der Waals surface area contributed by atoms with Crippen LogP contribution in [0.3, 0.4) is 0 Å². The van der Waals surface area contributed by atoms with Gasteiger partial charge in [0.25, 0.3) is 11.6 Å². The van der Waals surface area contributed by atoms with Crippen LogP contribution in [0.25, 0.3) is 0 Å². The fourth-order valence-corrected chi connectivity index (χ4v) is 4.82. The largest absolute Gasteiger partial charge is 0.495 e. The summed E-state index contributed by atoms with van der Waals surface area (Å²) >= 11 is 0. The number of aliphatic imine (C=N–C) groups is 1. The van der Waals surface area contributed by atoms with Gasteiger partial charge in [-0.1, -0.05) is 72.8 Å². The Morgan fingerprint density at radius 2 is 1.67 bits per heavy atom. The fraction of sp³-hybridized carbons (Fsp3) is 0.125. The SMILES string of the molecule is COc1ccc([N+](=O)[O-])cc1NC(=O)N[C@H]1N=C(c2ccccc2)c2ccccc2N(CC(=O)c2ccccc2C)C1=O. The Morgan fingerprint density at radius 1 is 0.977 bits per heavy atom. The summed E-state index contributed by atoms with van der Waals surface area (Å²) in [5.74, 6) is -0.741. The minimum atomic E-state index is -1.45. The molecule has 216 valence electrons. The Kier molecular flexibility index (Phi) is 8.24. The number of anilines is 2. The summed E-state index contributed by atoms with van der Waals surface area (Å²) in [5, 5.41) is 16.4. The highest BCUT2D eigenvalue weighted by molar-refractivity contribution is 6.21. The lowest BCUT2D eigenvalue weighted by Crippen LogP contribution is -2.50. The highest BCUT2D eigenvalue weighted by Crippen LogP contribution is 2.30. The van der Waals surface area contributed by atoms with Gasteiger partial charge in [0, 0.05) is 28.8 Å². The van der Waals surface area contributed by atoms with Crippen molar-refractivity contribution in [2.24, 2.45) is 4.99 Å². The number of nitro benzene ring substituents is 1. The number of ketones is 1. The number of benzene rings is 4. The summed E-state index contributed by atoms with van der Waals surface area (Å²) < 4.78 is 5.24. The molecule has 11 heteroatoms. The van der Waals surface area contributed by atoms with Crippen LogP contribution in [0.1, 0.15) is 27.0 Å².